The molecule has 0 atom stereocenters. The highest BCUT2D eigenvalue weighted by Gasteiger charge is 2.14. The third kappa shape index (κ3) is 4.45. The van der Waals surface area contributed by atoms with E-state index in [4.69, 9.17) is 4.74 Å². The first-order chi connectivity index (χ1) is 13.3. The van der Waals surface area contributed by atoms with Crippen LogP contribution in [-0.4, -0.2) is 17.3 Å². The summed E-state index contributed by atoms with van der Waals surface area (Å²) in [7, 11) is 1.71. The smallest absolute Gasteiger partial charge is 0.0998 e. The number of H-pyrrole nitrogens is 1. The van der Waals surface area contributed by atoms with E-state index in [-0.39, 0.29) is 0 Å². The third-order valence-corrected chi connectivity index (χ3v) is 4.79. The van der Waals surface area contributed by atoms with E-state index in [0.29, 0.717) is 12.2 Å². The standard InChI is InChI=1S/C23H25N3O/c1-3-4-9-22-21(23(16-27-2)26-25-22)14-17-10-12-18(13-11-17)20-8-6-5-7-19(20)15-24/h5-8,10-13H,3-4,9,14,16H2,1-2H3,(H,25,26). The maximum absolute atomic E-state index is 9.32. The Labute approximate surface area is 160 Å². The summed E-state index contributed by atoms with van der Waals surface area (Å²) in [6.45, 7) is 2.74. The van der Waals surface area contributed by atoms with E-state index >= 15 is 0 Å². The number of aromatic amines is 1. The van der Waals surface area contributed by atoms with Gasteiger partial charge < -0.3 is 4.74 Å². The van der Waals surface area contributed by atoms with Crippen molar-refractivity contribution in [2.75, 3.05) is 7.11 Å². The molecule has 2 aromatic carbocycles. The van der Waals surface area contributed by atoms with Gasteiger partial charge >= 0.3 is 0 Å². The zero-order valence-electron chi connectivity index (χ0n) is 16.0. The highest BCUT2D eigenvalue weighted by atomic mass is 16.5. The predicted octanol–water partition coefficient (Wildman–Crippen LogP) is 5.03. The lowest BCUT2D eigenvalue weighted by atomic mass is 9.96. The van der Waals surface area contributed by atoms with E-state index in [0.717, 1.165) is 48.2 Å². The van der Waals surface area contributed by atoms with Crippen molar-refractivity contribution in [1.29, 1.82) is 5.26 Å². The number of methoxy groups -OCH3 is 1. The Morgan fingerprint density at radius 2 is 1.89 bits per heavy atom. The van der Waals surface area contributed by atoms with Gasteiger partial charge in [-0.2, -0.15) is 10.4 Å². The van der Waals surface area contributed by atoms with Gasteiger partial charge in [-0.25, -0.2) is 0 Å². The van der Waals surface area contributed by atoms with Crippen LogP contribution in [0.1, 0.15) is 47.8 Å². The molecule has 0 aliphatic carbocycles. The van der Waals surface area contributed by atoms with Crippen molar-refractivity contribution < 1.29 is 4.74 Å². The van der Waals surface area contributed by atoms with Gasteiger partial charge in [0.2, 0.25) is 0 Å². The molecule has 27 heavy (non-hydrogen) atoms. The average molecular weight is 359 g/mol. The molecule has 0 aliphatic rings. The van der Waals surface area contributed by atoms with Gasteiger partial charge in [0.25, 0.3) is 0 Å². The molecule has 0 fully saturated rings. The number of unbranched alkanes of at least 4 members (excludes halogenated alkanes) is 1. The number of hydrogen-bond donors (Lipinski definition) is 1. The fraction of sp³-hybridized carbons (Fsp3) is 0.304. The summed E-state index contributed by atoms with van der Waals surface area (Å²) in [6.07, 6.45) is 4.10. The highest BCUT2D eigenvalue weighted by molar-refractivity contribution is 5.70. The molecule has 1 aromatic heterocycles. The van der Waals surface area contributed by atoms with Gasteiger partial charge in [-0.1, -0.05) is 55.8 Å². The summed E-state index contributed by atoms with van der Waals surface area (Å²) in [4.78, 5) is 0. The maximum atomic E-state index is 9.32. The summed E-state index contributed by atoms with van der Waals surface area (Å²) in [5.74, 6) is 0. The Morgan fingerprint density at radius 3 is 2.59 bits per heavy atom. The van der Waals surface area contributed by atoms with Gasteiger partial charge in [0.15, 0.2) is 0 Å². The summed E-state index contributed by atoms with van der Waals surface area (Å²) in [5, 5.41) is 17.0. The normalized spacial score (nSPS) is 10.7. The zero-order valence-corrected chi connectivity index (χ0v) is 16.0. The largest absolute Gasteiger partial charge is 0.378 e. The summed E-state index contributed by atoms with van der Waals surface area (Å²) in [6, 6.07) is 18.4. The van der Waals surface area contributed by atoms with Gasteiger partial charge in [0, 0.05) is 19.1 Å². The van der Waals surface area contributed by atoms with Crippen molar-refractivity contribution in [2.24, 2.45) is 0 Å². The Bertz CT molecular complexity index is 920. The van der Waals surface area contributed by atoms with Gasteiger partial charge in [0.1, 0.15) is 0 Å². The van der Waals surface area contributed by atoms with Crippen LogP contribution in [0.25, 0.3) is 11.1 Å². The number of nitriles is 1. The molecule has 0 amide bonds. The lowest BCUT2D eigenvalue weighted by Crippen LogP contribution is -1.99. The van der Waals surface area contributed by atoms with Crippen molar-refractivity contribution in [3.8, 4) is 17.2 Å². The second-order valence-electron chi connectivity index (χ2n) is 6.70. The van der Waals surface area contributed by atoms with Crippen LogP contribution in [0.5, 0.6) is 0 Å². The summed E-state index contributed by atoms with van der Waals surface area (Å²) >= 11 is 0. The number of benzene rings is 2. The molecule has 0 aliphatic heterocycles. The van der Waals surface area contributed by atoms with Crippen LogP contribution >= 0.6 is 0 Å². The van der Waals surface area contributed by atoms with Crippen molar-refractivity contribution in [1.82, 2.24) is 10.2 Å². The monoisotopic (exact) mass is 359 g/mol. The van der Waals surface area contributed by atoms with Crippen LogP contribution in [-0.2, 0) is 24.2 Å². The molecule has 1 N–H and O–H groups in total. The van der Waals surface area contributed by atoms with Crippen molar-refractivity contribution >= 4 is 0 Å². The quantitative estimate of drug-likeness (QED) is 0.614. The number of aromatic nitrogens is 2. The molecule has 4 nitrogen and oxygen atoms in total. The number of hydrogen-bond acceptors (Lipinski definition) is 3. The van der Waals surface area contributed by atoms with Gasteiger partial charge in [-0.15, -0.1) is 0 Å². The molecule has 3 rings (SSSR count). The van der Waals surface area contributed by atoms with Gasteiger partial charge in [-0.3, -0.25) is 5.10 Å². The number of nitrogens with zero attached hydrogens (tertiary/aromatic N) is 2. The average Bonchev–Trinajstić information content (AvgIpc) is 3.08. The van der Waals surface area contributed by atoms with E-state index in [9.17, 15) is 5.26 Å². The molecule has 0 bridgehead atoms. The second-order valence-corrected chi connectivity index (χ2v) is 6.70. The molecule has 0 radical (unpaired) electrons. The van der Waals surface area contributed by atoms with E-state index in [1.54, 1.807) is 7.11 Å². The molecule has 4 heteroatoms. The second kappa shape index (κ2) is 9.16. The van der Waals surface area contributed by atoms with Crippen LogP contribution in [0, 0.1) is 11.3 Å². The lowest BCUT2D eigenvalue weighted by molar-refractivity contribution is 0.181. The predicted molar refractivity (Wildman–Crippen MR) is 107 cm³/mol. The van der Waals surface area contributed by atoms with Gasteiger partial charge in [-0.05, 0) is 35.6 Å². The zero-order chi connectivity index (χ0) is 19.1. The molecule has 0 saturated carbocycles. The highest BCUT2D eigenvalue weighted by Crippen LogP contribution is 2.25. The van der Waals surface area contributed by atoms with Crippen molar-refractivity contribution in [3.05, 3.63) is 76.6 Å². The van der Waals surface area contributed by atoms with E-state index < -0.39 is 0 Å². The first-order valence-electron chi connectivity index (χ1n) is 9.39. The van der Waals surface area contributed by atoms with Crippen molar-refractivity contribution in [2.45, 2.75) is 39.2 Å². The van der Waals surface area contributed by atoms with E-state index in [1.165, 1.54) is 11.1 Å². The number of ether oxygens (including phenoxy) is 1. The molecular weight excluding hydrogens is 334 g/mol. The first-order valence-corrected chi connectivity index (χ1v) is 9.39. The molecule has 138 valence electrons. The molecule has 0 saturated heterocycles. The topological polar surface area (TPSA) is 61.7 Å². The maximum Gasteiger partial charge on any atom is 0.0998 e. The van der Waals surface area contributed by atoms with Crippen molar-refractivity contribution in [3.63, 3.8) is 0 Å². The van der Waals surface area contributed by atoms with E-state index in [1.807, 2.05) is 24.3 Å². The van der Waals surface area contributed by atoms with Crippen LogP contribution in [0.2, 0.25) is 0 Å². The molecular formula is C23H25N3O. The van der Waals surface area contributed by atoms with Crippen LogP contribution < -0.4 is 0 Å². The van der Waals surface area contributed by atoms with Crippen LogP contribution in [0.3, 0.4) is 0 Å². The SMILES string of the molecule is CCCCc1n[nH]c(COC)c1Cc1ccc(-c2ccccc2C#N)cc1. The fourth-order valence-corrected chi connectivity index (χ4v) is 3.31. The molecule has 0 unspecified atom stereocenters. The Morgan fingerprint density at radius 1 is 1.11 bits per heavy atom. The van der Waals surface area contributed by atoms with Crippen LogP contribution in [0.4, 0.5) is 0 Å². The molecule has 0 spiro atoms. The minimum absolute atomic E-state index is 0.544. The first kappa shape index (κ1) is 18.9. The third-order valence-electron chi connectivity index (χ3n) is 4.79. The Hall–Kier alpha value is -2.90. The fourth-order valence-electron chi connectivity index (χ4n) is 3.31. The minimum Gasteiger partial charge on any atom is -0.378 e. The Kier molecular flexibility index (Phi) is 6.40. The summed E-state index contributed by atoms with van der Waals surface area (Å²) < 4.78 is 5.32. The summed E-state index contributed by atoms with van der Waals surface area (Å²) in [5.41, 5.74) is 7.40. The Balaban J connectivity index is 1.84. The number of nitrogens with one attached hydrogen (secondary N) is 1. The van der Waals surface area contributed by atoms with Gasteiger partial charge in [0.05, 0.1) is 29.6 Å². The number of aryl methyl sites for hydroxylation is 1. The molecule has 1 heterocycles. The lowest BCUT2D eigenvalue weighted by Gasteiger charge is -2.08. The van der Waals surface area contributed by atoms with Crippen LogP contribution in [0.15, 0.2) is 48.5 Å². The minimum atomic E-state index is 0.544. The molecule has 3 aromatic rings. The van der Waals surface area contributed by atoms with E-state index in [2.05, 4.69) is 47.5 Å². The number of rotatable bonds is 8.